The molecule has 150 valence electrons. The molecule has 0 aliphatic carbocycles. The topological polar surface area (TPSA) is 92.8 Å². The first-order valence-corrected chi connectivity index (χ1v) is 10.7. The number of nitrogens with one attached hydrogen (secondary N) is 1. The number of para-hydroxylation sites is 1. The van der Waals surface area contributed by atoms with Crippen molar-refractivity contribution >= 4 is 49.2 Å². The first-order chi connectivity index (χ1) is 13.1. The highest BCUT2D eigenvalue weighted by Gasteiger charge is 2.29. The molecular weight excluding hydrogens is 448 g/mol. The number of esters is 1. The van der Waals surface area contributed by atoms with Crippen LogP contribution >= 0.6 is 15.9 Å². The van der Waals surface area contributed by atoms with Crippen LogP contribution in [0.15, 0.2) is 57.9 Å². The van der Waals surface area contributed by atoms with Crippen molar-refractivity contribution in [3.05, 3.63) is 53.0 Å². The third-order valence-electron chi connectivity index (χ3n) is 3.52. The van der Waals surface area contributed by atoms with Crippen LogP contribution in [0.4, 0.5) is 11.4 Å². The molecule has 1 N–H and O–H groups in total. The summed E-state index contributed by atoms with van der Waals surface area (Å²) in [4.78, 5) is 23.3. The van der Waals surface area contributed by atoms with Gasteiger partial charge in [0, 0.05) is 17.1 Å². The summed E-state index contributed by atoms with van der Waals surface area (Å²) in [5, 5.41) is 2.58. The molecule has 0 saturated carbocycles. The van der Waals surface area contributed by atoms with Crippen LogP contribution in [0.3, 0.4) is 0 Å². The molecule has 28 heavy (non-hydrogen) atoms. The zero-order valence-corrected chi connectivity index (χ0v) is 18.1. The molecule has 0 radical (unpaired) electrons. The van der Waals surface area contributed by atoms with Gasteiger partial charge in [0.2, 0.25) is 5.91 Å². The van der Waals surface area contributed by atoms with Gasteiger partial charge in [0.25, 0.3) is 10.0 Å². The number of benzene rings is 2. The minimum absolute atomic E-state index is 0.0188. The van der Waals surface area contributed by atoms with Gasteiger partial charge in [-0.1, -0.05) is 12.1 Å². The van der Waals surface area contributed by atoms with Gasteiger partial charge in [0.05, 0.1) is 16.7 Å². The van der Waals surface area contributed by atoms with E-state index in [4.69, 9.17) is 4.74 Å². The highest BCUT2D eigenvalue weighted by molar-refractivity contribution is 9.10. The van der Waals surface area contributed by atoms with Crippen LogP contribution in [-0.4, -0.2) is 32.9 Å². The minimum atomic E-state index is -4.06. The molecule has 9 heteroatoms. The van der Waals surface area contributed by atoms with Gasteiger partial charge < -0.3 is 10.1 Å². The Morgan fingerprint density at radius 1 is 1.11 bits per heavy atom. The second-order valence-electron chi connectivity index (χ2n) is 6.21. The lowest BCUT2D eigenvalue weighted by molar-refractivity contribution is -0.145. The van der Waals surface area contributed by atoms with Gasteiger partial charge in [-0.15, -0.1) is 0 Å². The van der Waals surface area contributed by atoms with Crippen molar-refractivity contribution in [1.82, 2.24) is 0 Å². The van der Waals surface area contributed by atoms with Crippen molar-refractivity contribution in [3.8, 4) is 0 Å². The second kappa shape index (κ2) is 9.20. The van der Waals surface area contributed by atoms with Gasteiger partial charge in [-0.05, 0) is 66.2 Å². The second-order valence-corrected chi connectivity index (χ2v) is 8.92. The van der Waals surface area contributed by atoms with Gasteiger partial charge >= 0.3 is 5.97 Å². The number of carbonyl (C=O) groups excluding carboxylic acids is 2. The molecule has 0 aliphatic rings. The Hall–Kier alpha value is -2.39. The highest BCUT2D eigenvalue weighted by atomic mass is 79.9. The Kier molecular flexibility index (Phi) is 7.20. The molecule has 0 spiro atoms. The van der Waals surface area contributed by atoms with Crippen molar-refractivity contribution in [2.24, 2.45) is 0 Å². The van der Waals surface area contributed by atoms with Crippen LogP contribution in [0, 0.1) is 0 Å². The minimum Gasteiger partial charge on any atom is -0.462 e. The van der Waals surface area contributed by atoms with Gasteiger partial charge in [-0.2, -0.15) is 0 Å². The summed E-state index contributed by atoms with van der Waals surface area (Å²) in [7, 11) is -4.06. The Morgan fingerprint density at radius 2 is 1.71 bits per heavy atom. The summed E-state index contributed by atoms with van der Waals surface area (Å²) in [5.74, 6) is -0.925. The number of anilines is 2. The normalized spacial score (nSPS) is 11.2. The molecule has 0 atom stereocenters. The van der Waals surface area contributed by atoms with E-state index >= 15 is 0 Å². The van der Waals surface area contributed by atoms with Gasteiger partial charge in [0.1, 0.15) is 6.54 Å². The zero-order valence-electron chi connectivity index (χ0n) is 15.7. The third-order valence-corrected chi connectivity index (χ3v) is 5.97. The average molecular weight is 469 g/mol. The number of sulfonamides is 1. The Morgan fingerprint density at radius 3 is 2.25 bits per heavy atom. The standard InChI is InChI=1S/C19H21BrN2O5S/c1-13(2)27-19(24)12-22(18-7-5-4-6-17(18)20)28(25,26)16-10-8-15(9-11-16)21-14(3)23/h4-11,13H,12H2,1-3H3,(H,21,23). The molecule has 0 saturated heterocycles. The van der Waals surface area contributed by atoms with Crippen LogP contribution in [0.1, 0.15) is 20.8 Å². The molecule has 2 rings (SSSR count). The predicted molar refractivity (Wildman–Crippen MR) is 111 cm³/mol. The molecule has 0 bridgehead atoms. The van der Waals surface area contributed by atoms with Crippen molar-refractivity contribution < 1.29 is 22.7 Å². The van der Waals surface area contributed by atoms with Crippen LogP contribution in [0.5, 0.6) is 0 Å². The van der Waals surface area contributed by atoms with E-state index < -0.39 is 22.5 Å². The van der Waals surface area contributed by atoms with Crippen LogP contribution in [0.2, 0.25) is 0 Å². The first kappa shape index (κ1) is 21.9. The van der Waals surface area contributed by atoms with Crippen molar-refractivity contribution in [2.45, 2.75) is 31.8 Å². The molecule has 2 aromatic carbocycles. The van der Waals surface area contributed by atoms with E-state index in [1.54, 1.807) is 38.1 Å². The number of ether oxygens (including phenoxy) is 1. The summed E-state index contributed by atoms with van der Waals surface area (Å²) in [6.45, 7) is 4.27. The molecule has 0 fully saturated rings. The maximum absolute atomic E-state index is 13.2. The van der Waals surface area contributed by atoms with Gasteiger partial charge in [-0.25, -0.2) is 8.42 Å². The van der Waals surface area contributed by atoms with Crippen LogP contribution in [-0.2, 0) is 24.3 Å². The van der Waals surface area contributed by atoms with Crippen molar-refractivity contribution in [3.63, 3.8) is 0 Å². The summed E-state index contributed by atoms with van der Waals surface area (Å²) in [6.07, 6.45) is -0.367. The molecule has 2 aromatic rings. The third kappa shape index (κ3) is 5.56. The smallest absolute Gasteiger partial charge is 0.327 e. The number of amides is 1. The summed E-state index contributed by atoms with van der Waals surface area (Å²) in [6, 6.07) is 12.4. The summed E-state index contributed by atoms with van der Waals surface area (Å²) in [5.41, 5.74) is 0.784. The number of carbonyl (C=O) groups is 2. The Bertz CT molecular complexity index is 959. The highest BCUT2D eigenvalue weighted by Crippen LogP contribution is 2.31. The Balaban J connectivity index is 2.44. The number of rotatable bonds is 7. The molecule has 0 aromatic heterocycles. The lowest BCUT2D eigenvalue weighted by Crippen LogP contribution is -2.37. The quantitative estimate of drug-likeness (QED) is 0.627. The van der Waals surface area contributed by atoms with E-state index in [-0.39, 0.29) is 16.9 Å². The molecule has 0 unspecified atom stereocenters. The molecule has 0 heterocycles. The van der Waals surface area contributed by atoms with Gasteiger partial charge in [-0.3, -0.25) is 13.9 Å². The van der Waals surface area contributed by atoms with E-state index in [1.165, 1.54) is 31.2 Å². The molecule has 1 amide bonds. The molecular formula is C19H21BrN2O5S. The summed E-state index contributed by atoms with van der Waals surface area (Å²) < 4.78 is 33.1. The van der Waals surface area contributed by atoms with E-state index in [9.17, 15) is 18.0 Å². The molecule has 7 nitrogen and oxygen atoms in total. The number of hydrogen-bond acceptors (Lipinski definition) is 5. The van der Waals surface area contributed by atoms with Crippen molar-refractivity contribution in [1.29, 1.82) is 0 Å². The average Bonchev–Trinajstić information content (AvgIpc) is 2.59. The lowest BCUT2D eigenvalue weighted by atomic mass is 10.3. The fourth-order valence-electron chi connectivity index (χ4n) is 2.41. The summed E-state index contributed by atoms with van der Waals surface area (Å²) >= 11 is 3.34. The van der Waals surface area contributed by atoms with Crippen LogP contribution < -0.4 is 9.62 Å². The number of halogens is 1. The van der Waals surface area contributed by atoms with E-state index in [1.807, 2.05) is 0 Å². The van der Waals surface area contributed by atoms with Gasteiger partial charge in [0.15, 0.2) is 0 Å². The lowest BCUT2D eigenvalue weighted by Gasteiger charge is -2.25. The molecule has 0 aliphatic heterocycles. The maximum Gasteiger partial charge on any atom is 0.327 e. The fraction of sp³-hybridized carbons (Fsp3) is 0.263. The van der Waals surface area contributed by atoms with Crippen molar-refractivity contribution in [2.75, 3.05) is 16.2 Å². The predicted octanol–water partition coefficient (Wildman–Crippen LogP) is 3.55. The Labute approximate surface area is 172 Å². The maximum atomic E-state index is 13.2. The monoisotopic (exact) mass is 468 g/mol. The SMILES string of the molecule is CC(=O)Nc1ccc(S(=O)(=O)N(CC(=O)OC(C)C)c2ccccc2Br)cc1. The zero-order chi connectivity index (χ0) is 20.9. The van der Waals surface area contributed by atoms with E-state index in [0.717, 1.165) is 4.31 Å². The number of nitrogens with zero attached hydrogens (tertiary/aromatic N) is 1. The fourth-order valence-corrected chi connectivity index (χ4v) is 4.46. The first-order valence-electron chi connectivity index (χ1n) is 8.45. The van der Waals surface area contributed by atoms with Crippen LogP contribution in [0.25, 0.3) is 0 Å². The number of hydrogen-bond donors (Lipinski definition) is 1. The van der Waals surface area contributed by atoms with E-state index in [0.29, 0.717) is 15.8 Å². The largest absolute Gasteiger partial charge is 0.462 e. The van der Waals surface area contributed by atoms with E-state index in [2.05, 4.69) is 21.2 Å².